The molecular weight excluding hydrogens is 370 g/mol. The second-order valence-electron chi connectivity index (χ2n) is 5.24. The van der Waals surface area contributed by atoms with Gasteiger partial charge in [0.2, 0.25) is 5.75 Å². The number of rotatable bonds is 5. The third kappa shape index (κ3) is 4.25. The van der Waals surface area contributed by atoms with Gasteiger partial charge in [-0.1, -0.05) is 23.7 Å². The Bertz CT molecular complexity index is 973. The zero-order chi connectivity index (χ0) is 18.8. The number of hydrazone groups is 1. The summed E-state index contributed by atoms with van der Waals surface area (Å²) in [6.45, 7) is 3.40. The molecule has 0 amide bonds. The summed E-state index contributed by atoms with van der Waals surface area (Å²) >= 11 is 5.75. The number of phenols is 1. The molecule has 8 nitrogen and oxygen atoms in total. The zero-order valence-electron chi connectivity index (χ0n) is 13.2. The van der Waals surface area contributed by atoms with Gasteiger partial charge >= 0.3 is 5.69 Å². The van der Waals surface area contributed by atoms with Crippen molar-refractivity contribution in [2.45, 2.75) is 18.7 Å². The molecule has 2 aromatic carbocycles. The minimum Gasteiger partial charge on any atom is -0.502 e. The number of nitro groups is 1. The van der Waals surface area contributed by atoms with Gasteiger partial charge < -0.3 is 5.11 Å². The summed E-state index contributed by atoms with van der Waals surface area (Å²) in [6.07, 6.45) is 0.941. The Morgan fingerprint density at radius 1 is 1.28 bits per heavy atom. The summed E-state index contributed by atoms with van der Waals surface area (Å²) in [6, 6.07) is 7.14. The molecule has 0 aromatic heterocycles. The van der Waals surface area contributed by atoms with Crippen LogP contribution in [0, 0.1) is 24.0 Å². The number of nitrogens with zero attached hydrogens (tertiary/aromatic N) is 2. The quantitative estimate of drug-likeness (QED) is 0.467. The van der Waals surface area contributed by atoms with Crippen LogP contribution in [-0.4, -0.2) is 24.7 Å². The average Bonchev–Trinajstić information content (AvgIpc) is 2.52. The van der Waals surface area contributed by atoms with E-state index < -0.39 is 26.4 Å². The number of nitro benzene ring substituents is 1. The Morgan fingerprint density at radius 2 is 1.96 bits per heavy atom. The Labute approximate surface area is 149 Å². The van der Waals surface area contributed by atoms with E-state index in [0.717, 1.165) is 17.8 Å². The number of sulfonamides is 1. The minimum atomic E-state index is -3.93. The van der Waals surface area contributed by atoms with Gasteiger partial charge in [-0.3, -0.25) is 10.1 Å². The highest BCUT2D eigenvalue weighted by atomic mass is 35.5. The molecule has 2 N–H and O–H groups in total. The second-order valence-corrected chi connectivity index (χ2v) is 7.31. The van der Waals surface area contributed by atoms with Crippen LogP contribution < -0.4 is 4.83 Å². The number of hydrogen-bond acceptors (Lipinski definition) is 6. The largest absolute Gasteiger partial charge is 0.502 e. The molecule has 0 fully saturated rings. The first-order chi connectivity index (χ1) is 11.6. The lowest BCUT2D eigenvalue weighted by Crippen LogP contribution is -2.19. The van der Waals surface area contributed by atoms with E-state index in [2.05, 4.69) is 5.10 Å². The smallest absolute Gasteiger partial charge is 0.312 e. The van der Waals surface area contributed by atoms with Crippen LogP contribution in [-0.2, 0) is 10.0 Å². The summed E-state index contributed by atoms with van der Waals surface area (Å²) in [5.74, 6) is -0.663. The van der Waals surface area contributed by atoms with Gasteiger partial charge in [-0.25, -0.2) is 4.83 Å². The molecule has 0 saturated heterocycles. The first-order valence-corrected chi connectivity index (χ1v) is 8.77. The number of halogens is 1. The number of aryl methyl sites for hydroxylation is 2. The van der Waals surface area contributed by atoms with E-state index in [1.165, 1.54) is 12.1 Å². The van der Waals surface area contributed by atoms with Crippen LogP contribution >= 0.6 is 11.6 Å². The van der Waals surface area contributed by atoms with Gasteiger partial charge in [0.25, 0.3) is 10.0 Å². The van der Waals surface area contributed by atoms with Crippen LogP contribution in [0.15, 0.2) is 40.3 Å². The zero-order valence-corrected chi connectivity index (χ0v) is 14.8. The van der Waals surface area contributed by atoms with Crippen molar-refractivity contribution >= 4 is 33.5 Å². The van der Waals surface area contributed by atoms with Crippen molar-refractivity contribution in [3.8, 4) is 5.75 Å². The van der Waals surface area contributed by atoms with E-state index in [1.54, 1.807) is 26.0 Å². The van der Waals surface area contributed by atoms with E-state index in [1.807, 2.05) is 4.83 Å². The van der Waals surface area contributed by atoms with Crippen molar-refractivity contribution < 1.29 is 18.4 Å². The second kappa shape index (κ2) is 7.08. The number of benzene rings is 2. The van der Waals surface area contributed by atoms with Gasteiger partial charge in [0.05, 0.1) is 16.0 Å². The summed E-state index contributed by atoms with van der Waals surface area (Å²) in [5.41, 5.74) is 0.599. The van der Waals surface area contributed by atoms with E-state index in [4.69, 9.17) is 11.6 Å². The van der Waals surface area contributed by atoms with Crippen LogP contribution in [0.25, 0.3) is 0 Å². The van der Waals surface area contributed by atoms with Crippen molar-refractivity contribution in [3.63, 3.8) is 0 Å². The van der Waals surface area contributed by atoms with Gasteiger partial charge in [-0.05, 0) is 37.1 Å². The average molecular weight is 384 g/mol. The van der Waals surface area contributed by atoms with Gasteiger partial charge in [-0.15, -0.1) is 0 Å². The summed E-state index contributed by atoms with van der Waals surface area (Å²) in [7, 11) is -3.93. The van der Waals surface area contributed by atoms with Gasteiger partial charge in [0.15, 0.2) is 0 Å². The predicted octanol–water partition coefficient (Wildman–Crippen LogP) is 2.88. The topological polar surface area (TPSA) is 122 Å². The fourth-order valence-corrected chi connectivity index (χ4v) is 3.40. The van der Waals surface area contributed by atoms with Crippen LogP contribution in [0.3, 0.4) is 0 Å². The number of aromatic hydroxyl groups is 1. The molecule has 10 heteroatoms. The Balaban J connectivity index is 2.32. The molecule has 0 bridgehead atoms. The standard InChI is InChI=1S/C15H14ClN3O5S/c1-9-3-4-10(2)14(5-9)25(23,24)18-17-8-11-6-12(16)7-13(15(11)20)19(21)22/h3-8,18,20H,1-2H3. The molecule has 0 heterocycles. The van der Waals surface area contributed by atoms with Crippen molar-refractivity contribution in [1.29, 1.82) is 0 Å². The van der Waals surface area contributed by atoms with E-state index in [-0.39, 0.29) is 15.5 Å². The summed E-state index contributed by atoms with van der Waals surface area (Å²) in [5, 5.41) is 24.2. The molecule has 0 unspecified atom stereocenters. The molecule has 0 aliphatic rings. The van der Waals surface area contributed by atoms with Crippen molar-refractivity contribution in [2.75, 3.05) is 0 Å². The van der Waals surface area contributed by atoms with E-state index in [0.29, 0.717) is 5.56 Å². The maximum Gasteiger partial charge on any atom is 0.312 e. The van der Waals surface area contributed by atoms with Crippen LogP contribution in [0.4, 0.5) is 5.69 Å². The number of phenolic OH excluding ortho intramolecular Hbond substituents is 1. The van der Waals surface area contributed by atoms with Crippen LogP contribution in [0.5, 0.6) is 5.75 Å². The lowest BCUT2D eigenvalue weighted by molar-refractivity contribution is -0.385. The predicted molar refractivity (Wildman–Crippen MR) is 93.6 cm³/mol. The number of hydrogen-bond donors (Lipinski definition) is 2. The molecule has 2 aromatic rings. The summed E-state index contributed by atoms with van der Waals surface area (Å²) in [4.78, 5) is 12.1. The fourth-order valence-electron chi connectivity index (χ4n) is 2.05. The van der Waals surface area contributed by atoms with E-state index in [9.17, 15) is 23.6 Å². The van der Waals surface area contributed by atoms with Crippen molar-refractivity contribution in [1.82, 2.24) is 4.83 Å². The van der Waals surface area contributed by atoms with Crippen molar-refractivity contribution in [2.24, 2.45) is 5.10 Å². The molecule has 132 valence electrons. The molecule has 0 saturated carbocycles. The van der Waals surface area contributed by atoms with Crippen molar-refractivity contribution in [3.05, 3.63) is 62.2 Å². The van der Waals surface area contributed by atoms with Gasteiger partial charge in [0, 0.05) is 16.7 Å². The Kier molecular flexibility index (Phi) is 5.29. The lowest BCUT2D eigenvalue weighted by atomic mass is 10.2. The third-order valence-electron chi connectivity index (χ3n) is 3.29. The normalized spacial score (nSPS) is 11.6. The number of nitrogens with one attached hydrogen (secondary N) is 1. The highest BCUT2D eigenvalue weighted by Crippen LogP contribution is 2.32. The highest BCUT2D eigenvalue weighted by Gasteiger charge is 2.19. The molecule has 2 rings (SSSR count). The Morgan fingerprint density at radius 3 is 2.60 bits per heavy atom. The molecule has 0 aliphatic carbocycles. The van der Waals surface area contributed by atoms with Crippen LogP contribution in [0.1, 0.15) is 16.7 Å². The third-order valence-corrected chi connectivity index (χ3v) is 4.87. The molecular formula is C15H14ClN3O5S. The molecule has 0 aliphatic heterocycles. The monoisotopic (exact) mass is 383 g/mol. The molecule has 25 heavy (non-hydrogen) atoms. The first-order valence-electron chi connectivity index (χ1n) is 6.91. The maximum absolute atomic E-state index is 12.3. The van der Waals surface area contributed by atoms with Gasteiger partial charge in [-0.2, -0.15) is 13.5 Å². The molecule has 0 radical (unpaired) electrons. The SMILES string of the molecule is Cc1ccc(C)c(S(=O)(=O)NN=Cc2cc(Cl)cc([N+](=O)[O-])c2O)c1. The fraction of sp³-hybridized carbons (Fsp3) is 0.133. The van der Waals surface area contributed by atoms with Crippen LogP contribution in [0.2, 0.25) is 5.02 Å². The Hall–Kier alpha value is -2.65. The maximum atomic E-state index is 12.3. The highest BCUT2D eigenvalue weighted by molar-refractivity contribution is 7.89. The molecule has 0 atom stereocenters. The molecule has 0 spiro atoms. The minimum absolute atomic E-state index is 0.00309. The van der Waals surface area contributed by atoms with Gasteiger partial charge in [0.1, 0.15) is 0 Å². The summed E-state index contributed by atoms with van der Waals surface area (Å²) < 4.78 is 24.6. The first kappa shape index (κ1) is 18.7. The van der Waals surface area contributed by atoms with E-state index >= 15 is 0 Å². The lowest BCUT2D eigenvalue weighted by Gasteiger charge is -2.08.